The van der Waals surface area contributed by atoms with Gasteiger partial charge >= 0.3 is 6.18 Å². The standard InChI is InChI=1S/C19H16F3NO2S2/c1-25-14-8-6-12(7-9-14)10-13-4-3-5-15(19(20,21)22)17(13)16-11-23-18(26-16)27(2)24/h3-9,11H,10H2,1-2H3. The van der Waals surface area contributed by atoms with E-state index in [1.165, 1.54) is 18.5 Å². The SMILES string of the molecule is COc1ccc(Cc2cccc(C(F)(F)F)c2-c2cnc(S(C)=O)s2)cc1. The summed E-state index contributed by atoms with van der Waals surface area (Å²) in [6.07, 6.45) is -1.35. The van der Waals surface area contributed by atoms with Crippen molar-refractivity contribution in [1.82, 2.24) is 4.98 Å². The van der Waals surface area contributed by atoms with Gasteiger partial charge in [-0.15, -0.1) is 11.3 Å². The zero-order valence-corrected chi connectivity index (χ0v) is 16.2. The molecule has 0 fully saturated rings. The monoisotopic (exact) mass is 411 g/mol. The lowest BCUT2D eigenvalue weighted by Gasteiger charge is -2.16. The summed E-state index contributed by atoms with van der Waals surface area (Å²) in [5.74, 6) is 0.681. The summed E-state index contributed by atoms with van der Waals surface area (Å²) in [5.41, 5.74) is 0.771. The number of thiazole rings is 1. The number of hydrogen-bond acceptors (Lipinski definition) is 4. The molecule has 142 valence electrons. The van der Waals surface area contributed by atoms with Crippen LogP contribution in [0.2, 0.25) is 0 Å². The van der Waals surface area contributed by atoms with Gasteiger partial charge in [-0.25, -0.2) is 4.98 Å². The smallest absolute Gasteiger partial charge is 0.417 e. The van der Waals surface area contributed by atoms with Crippen LogP contribution in [0.4, 0.5) is 13.2 Å². The fourth-order valence-electron chi connectivity index (χ4n) is 2.74. The second kappa shape index (κ2) is 7.82. The zero-order valence-electron chi connectivity index (χ0n) is 14.5. The fraction of sp³-hybridized carbons (Fsp3) is 0.211. The molecule has 1 heterocycles. The minimum Gasteiger partial charge on any atom is -0.497 e. The minimum atomic E-state index is -4.50. The van der Waals surface area contributed by atoms with E-state index in [1.807, 2.05) is 12.1 Å². The third kappa shape index (κ3) is 4.39. The Bertz CT molecular complexity index is 966. The van der Waals surface area contributed by atoms with Gasteiger partial charge in [0.2, 0.25) is 0 Å². The van der Waals surface area contributed by atoms with E-state index in [2.05, 4.69) is 4.98 Å². The highest BCUT2D eigenvalue weighted by Crippen LogP contribution is 2.41. The molecule has 0 radical (unpaired) electrons. The number of benzene rings is 2. The van der Waals surface area contributed by atoms with Gasteiger partial charge in [-0.3, -0.25) is 4.21 Å². The van der Waals surface area contributed by atoms with Crippen LogP contribution in [0.25, 0.3) is 10.4 Å². The van der Waals surface area contributed by atoms with Gasteiger partial charge in [-0.2, -0.15) is 13.2 Å². The summed E-state index contributed by atoms with van der Waals surface area (Å²) in [5, 5.41) is 0. The van der Waals surface area contributed by atoms with Crippen molar-refractivity contribution < 1.29 is 22.1 Å². The van der Waals surface area contributed by atoms with Crippen LogP contribution in [0.15, 0.2) is 53.0 Å². The van der Waals surface area contributed by atoms with E-state index in [4.69, 9.17) is 4.74 Å². The van der Waals surface area contributed by atoms with Crippen molar-refractivity contribution in [3.63, 3.8) is 0 Å². The first-order valence-electron chi connectivity index (χ1n) is 7.91. The molecule has 27 heavy (non-hydrogen) atoms. The van der Waals surface area contributed by atoms with Gasteiger partial charge in [0.15, 0.2) is 4.34 Å². The Morgan fingerprint density at radius 2 is 1.85 bits per heavy atom. The molecular weight excluding hydrogens is 395 g/mol. The predicted octanol–water partition coefficient (Wildman–Crippen LogP) is 5.17. The van der Waals surface area contributed by atoms with Crippen molar-refractivity contribution in [2.75, 3.05) is 13.4 Å². The van der Waals surface area contributed by atoms with Gasteiger partial charge in [0, 0.05) is 18.0 Å². The first-order valence-corrected chi connectivity index (χ1v) is 10.3. The number of methoxy groups -OCH3 is 1. The normalized spacial score (nSPS) is 12.8. The van der Waals surface area contributed by atoms with E-state index in [-0.39, 0.29) is 5.56 Å². The van der Waals surface area contributed by atoms with Gasteiger partial charge in [0.1, 0.15) is 5.75 Å². The Balaban J connectivity index is 2.10. The molecule has 8 heteroatoms. The van der Waals surface area contributed by atoms with Gasteiger partial charge in [-0.05, 0) is 35.7 Å². The van der Waals surface area contributed by atoms with Crippen molar-refractivity contribution in [2.45, 2.75) is 16.9 Å². The van der Waals surface area contributed by atoms with Crippen LogP contribution in [-0.4, -0.2) is 22.6 Å². The largest absolute Gasteiger partial charge is 0.497 e. The highest BCUT2D eigenvalue weighted by Gasteiger charge is 2.35. The maximum Gasteiger partial charge on any atom is 0.417 e. The molecular formula is C19H16F3NO2S2. The average molecular weight is 411 g/mol. The second-order valence-corrected chi connectivity index (χ2v) is 8.39. The van der Waals surface area contributed by atoms with Gasteiger partial charge in [0.25, 0.3) is 0 Å². The van der Waals surface area contributed by atoms with E-state index >= 15 is 0 Å². The third-order valence-corrected chi connectivity index (χ3v) is 6.35. The molecule has 0 saturated carbocycles. The second-order valence-electron chi connectivity index (χ2n) is 5.81. The molecule has 3 nitrogen and oxygen atoms in total. The van der Waals surface area contributed by atoms with Crippen molar-refractivity contribution >= 4 is 22.1 Å². The van der Waals surface area contributed by atoms with E-state index in [0.717, 1.165) is 23.0 Å². The molecule has 0 bridgehead atoms. The maximum absolute atomic E-state index is 13.6. The maximum atomic E-state index is 13.6. The molecule has 3 rings (SSSR count). The number of aromatic nitrogens is 1. The summed E-state index contributed by atoms with van der Waals surface area (Å²) in [4.78, 5) is 4.38. The van der Waals surface area contributed by atoms with Crippen molar-refractivity contribution in [2.24, 2.45) is 0 Å². The van der Waals surface area contributed by atoms with E-state index in [9.17, 15) is 17.4 Å². The van der Waals surface area contributed by atoms with Gasteiger partial charge in [0.05, 0.1) is 28.3 Å². The number of alkyl halides is 3. The lowest BCUT2D eigenvalue weighted by Crippen LogP contribution is -2.09. The minimum absolute atomic E-state index is 0.0926. The van der Waals surface area contributed by atoms with Crippen LogP contribution >= 0.6 is 11.3 Å². The summed E-state index contributed by atoms with van der Waals surface area (Å²) < 4.78 is 57.9. The lowest BCUT2D eigenvalue weighted by molar-refractivity contribution is -0.137. The van der Waals surface area contributed by atoms with Crippen molar-refractivity contribution in [1.29, 1.82) is 0 Å². The van der Waals surface area contributed by atoms with Crippen LogP contribution in [-0.2, 0) is 23.4 Å². The van der Waals surface area contributed by atoms with Crippen LogP contribution in [0.5, 0.6) is 5.75 Å². The Morgan fingerprint density at radius 1 is 1.15 bits per heavy atom. The van der Waals surface area contributed by atoms with Crippen LogP contribution in [0.3, 0.4) is 0 Å². The van der Waals surface area contributed by atoms with E-state index in [1.54, 1.807) is 25.3 Å². The van der Waals surface area contributed by atoms with E-state index < -0.39 is 22.5 Å². The lowest BCUT2D eigenvalue weighted by atomic mass is 9.94. The quantitative estimate of drug-likeness (QED) is 0.582. The molecule has 1 unspecified atom stereocenters. The topological polar surface area (TPSA) is 39.2 Å². The average Bonchev–Trinajstić information content (AvgIpc) is 3.11. The Hall–Kier alpha value is -2.19. The molecule has 0 saturated heterocycles. The van der Waals surface area contributed by atoms with Gasteiger partial charge in [-0.1, -0.05) is 24.3 Å². The third-order valence-electron chi connectivity index (χ3n) is 3.99. The van der Waals surface area contributed by atoms with Crippen molar-refractivity contribution in [3.05, 3.63) is 65.4 Å². The number of halogens is 3. The number of hydrogen-bond donors (Lipinski definition) is 0. The first-order chi connectivity index (χ1) is 12.8. The molecule has 0 aliphatic heterocycles. The molecule has 3 aromatic rings. The van der Waals surface area contributed by atoms with Crippen molar-refractivity contribution in [3.8, 4) is 16.2 Å². The fourth-order valence-corrected chi connectivity index (χ4v) is 4.43. The Kier molecular flexibility index (Phi) is 5.67. The molecule has 0 aliphatic rings. The molecule has 2 aromatic carbocycles. The molecule has 0 aliphatic carbocycles. The van der Waals surface area contributed by atoms with Gasteiger partial charge < -0.3 is 4.74 Å². The summed E-state index contributed by atoms with van der Waals surface area (Å²) in [6, 6.07) is 11.3. The van der Waals surface area contributed by atoms with Crippen LogP contribution in [0.1, 0.15) is 16.7 Å². The number of ether oxygens (including phenoxy) is 1. The number of nitrogens with zero attached hydrogens (tertiary/aromatic N) is 1. The summed E-state index contributed by atoms with van der Waals surface area (Å²) in [7, 11) is 0.209. The molecule has 1 aromatic heterocycles. The molecule has 0 spiro atoms. The molecule has 0 N–H and O–H groups in total. The number of rotatable bonds is 5. The summed E-state index contributed by atoms with van der Waals surface area (Å²) >= 11 is 1.02. The Labute approximate surface area is 161 Å². The highest BCUT2D eigenvalue weighted by molar-refractivity contribution is 7.86. The predicted molar refractivity (Wildman–Crippen MR) is 101 cm³/mol. The summed E-state index contributed by atoms with van der Waals surface area (Å²) in [6.45, 7) is 0. The van der Waals surface area contributed by atoms with E-state index in [0.29, 0.717) is 27.0 Å². The highest BCUT2D eigenvalue weighted by atomic mass is 32.2. The van der Waals surface area contributed by atoms with Crippen LogP contribution in [0, 0.1) is 0 Å². The Morgan fingerprint density at radius 3 is 2.41 bits per heavy atom. The molecule has 0 amide bonds. The first kappa shape index (κ1) is 19.6. The zero-order chi connectivity index (χ0) is 19.6. The van der Waals surface area contributed by atoms with Crippen LogP contribution < -0.4 is 4.74 Å². The molecule has 1 atom stereocenters.